The highest BCUT2D eigenvalue weighted by molar-refractivity contribution is 7.89. The fraction of sp³-hybridized carbons (Fsp3) is 0.263. The van der Waals surface area contributed by atoms with E-state index in [1.807, 2.05) is 0 Å². The molecule has 1 saturated heterocycles. The first-order valence-corrected chi connectivity index (χ1v) is 11.5. The first-order valence-electron chi connectivity index (χ1n) is 8.86. The molecule has 1 fully saturated rings. The van der Waals surface area contributed by atoms with Crippen molar-refractivity contribution in [2.75, 3.05) is 25.5 Å². The number of aromatic nitrogens is 1. The minimum absolute atomic E-state index is 0.234. The summed E-state index contributed by atoms with van der Waals surface area (Å²) in [7, 11) is -2.46. The molecule has 4 rings (SSSR count). The number of nitrogens with zero attached hydrogens (tertiary/aromatic N) is 2. The number of carbonyl (C=O) groups excluding carboxylic acids is 1. The highest BCUT2D eigenvalue weighted by atomic mass is 35.5. The van der Waals surface area contributed by atoms with Crippen LogP contribution in [0.3, 0.4) is 0 Å². The summed E-state index contributed by atoms with van der Waals surface area (Å²) in [4.78, 5) is 13.3. The third kappa shape index (κ3) is 4.59. The zero-order chi connectivity index (χ0) is 21.0. The van der Waals surface area contributed by atoms with E-state index < -0.39 is 10.0 Å². The van der Waals surface area contributed by atoms with Crippen LogP contribution in [0.25, 0.3) is 10.9 Å². The summed E-state index contributed by atoms with van der Waals surface area (Å²) >= 11 is 7.11. The normalized spacial score (nSPS) is 14.4. The SMILES string of the molecule is CO.O=C(Nc1ccc(S(=O)(=O)N2CCCC2)cc1)c1snc2ccc(Cl)cc12. The molecule has 10 heteroatoms. The third-order valence-corrected chi connectivity index (χ3v) is 7.48. The Bertz CT molecular complexity index is 1110. The number of benzene rings is 2. The van der Waals surface area contributed by atoms with Gasteiger partial charge >= 0.3 is 0 Å². The summed E-state index contributed by atoms with van der Waals surface area (Å²) in [5.74, 6) is -0.306. The Kier molecular flexibility index (Phi) is 6.86. The lowest BCUT2D eigenvalue weighted by Gasteiger charge is -2.15. The Hall–Kier alpha value is -2.04. The van der Waals surface area contributed by atoms with Gasteiger partial charge in [0.05, 0.1) is 10.4 Å². The summed E-state index contributed by atoms with van der Waals surface area (Å²) in [6.07, 6.45) is 1.78. The number of amides is 1. The van der Waals surface area contributed by atoms with Crippen molar-refractivity contribution < 1.29 is 18.3 Å². The number of nitrogens with one attached hydrogen (secondary N) is 1. The van der Waals surface area contributed by atoms with Crippen LogP contribution in [-0.4, -0.2) is 48.3 Å². The molecule has 3 aromatic rings. The summed E-state index contributed by atoms with van der Waals surface area (Å²) in [6, 6.07) is 11.4. The highest BCUT2D eigenvalue weighted by Crippen LogP contribution is 2.27. The van der Waals surface area contributed by atoms with Gasteiger partial charge in [-0.25, -0.2) is 8.42 Å². The van der Waals surface area contributed by atoms with Crippen molar-refractivity contribution in [1.29, 1.82) is 0 Å². The quantitative estimate of drug-likeness (QED) is 0.628. The maximum absolute atomic E-state index is 12.6. The second-order valence-corrected chi connectivity index (χ2v) is 9.41. The molecule has 0 unspecified atom stereocenters. The lowest BCUT2D eigenvalue weighted by molar-refractivity contribution is 0.103. The summed E-state index contributed by atoms with van der Waals surface area (Å²) < 4.78 is 30.8. The van der Waals surface area contributed by atoms with Crippen LogP contribution in [0.5, 0.6) is 0 Å². The van der Waals surface area contributed by atoms with E-state index in [1.54, 1.807) is 30.3 Å². The molecule has 0 bridgehead atoms. The zero-order valence-electron chi connectivity index (χ0n) is 15.6. The molecular formula is C19H20ClN3O4S2. The molecule has 0 aliphatic carbocycles. The summed E-state index contributed by atoms with van der Waals surface area (Å²) in [5.41, 5.74) is 1.23. The topological polar surface area (TPSA) is 99.6 Å². The summed E-state index contributed by atoms with van der Waals surface area (Å²) in [6.45, 7) is 1.11. The van der Waals surface area contributed by atoms with Gasteiger partial charge in [0.15, 0.2) is 0 Å². The smallest absolute Gasteiger partial charge is 0.268 e. The van der Waals surface area contributed by atoms with Crippen molar-refractivity contribution in [1.82, 2.24) is 8.68 Å². The Morgan fingerprint density at radius 2 is 1.79 bits per heavy atom. The largest absolute Gasteiger partial charge is 0.400 e. The molecule has 1 amide bonds. The molecule has 2 N–H and O–H groups in total. The van der Waals surface area contributed by atoms with Gasteiger partial charge in [-0.15, -0.1) is 0 Å². The lowest BCUT2D eigenvalue weighted by atomic mass is 10.2. The third-order valence-electron chi connectivity index (χ3n) is 4.46. The van der Waals surface area contributed by atoms with E-state index in [0.717, 1.165) is 31.5 Å². The molecule has 0 saturated carbocycles. The number of rotatable bonds is 4. The van der Waals surface area contributed by atoms with Crippen LogP contribution in [0, 0.1) is 0 Å². The van der Waals surface area contributed by atoms with E-state index in [-0.39, 0.29) is 10.8 Å². The molecule has 1 aliphatic rings. The van der Waals surface area contributed by atoms with Gasteiger partial charge in [0.2, 0.25) is 10.0 Å². The van der Waals surface area contributed by atoms with Crippen LogP contribution < -0.4 is 5.32 Å². The zero-order valence-corrected chi connectivity index (χ0v) is 18.0. The maximum Gasteiger partial charge on any atom is 0.268 e. The second kappa shape index (κ2) is 9.19. The first kappa shape index (κ1) is 21.7. The van der Waals surface area contributed by atoms with Gasteiger partial charge < -0.3 is 10.4 Å². The number of fused-ring (bicyclic) bond motifs is 1. The number of aliphatic hydroxyl groups is 1. The van der Waals surface area contributed by atoms with Gasteiger partial charge in [0.1, 0.15) is 4.88 Å². The molecule has 0 atom stereocenters. The van der Waals surface area contributed by atoms with E-state index in [2.05, 4.69) is 9.69 Å². The van der Waals surface area contributed by atoms with Gasteiger partial charge in [-0.05, 0) is 66.8 Å². The summed E-state index contributed by atoms with van der Waals surface area (Å²) in [5, 5.41) is 11.0. The average Bonchev–Trinajstić information content (AvgIpc) is 3.40. The van der Waals surface area contributed by atoms with Crippen molar-refractivity contribution >= 4 is 55.7 Å². The molecule has 154 valence electrons. The average molecular weight is 454 g/mol. The minimum Gasteiger partial charge on any atom is -0.400 e. The van der Waals surface area contributed by atoms with Crippen LogP contribution in [0.15, 0.2) is 47.4 Å². The van der Waals surface area contributed by atoms with Crippen LogP contribution in [0.2, 0.25) is 5.02 Å². The van der Waals surface area contributed by atoms with Crippen molar-refractivity contribution in [3.63, 3.8) is 0 Å². The van der Waals surface area contributed by atoms with E-state index in [1.165, 1.54) is 16.4 Å². The van der Waals surface area contributed by atoms with Crippen LogP contribution >= 0.6 is 23.1 Å². The number of aliphatic hydroxyl groups excluding tert-OH is 1. The van der Waals surface area contributed by atoms with Crippen molar-refractivity contribution in [2.45, 2.75) is 17.7 Å². The lowest BCUT2D eigenvalue weighted by Crippen LogP contribution is -2.27. The Balaban J connectivity index is 0.00000117. The van der Waals surface area contributed by atoms with Crippen LogP contribution in [-0.2, 0) is 10.0 Å². The van der Waals surface area contributed by atoms with Crippen LogP contribution in [0.1, 0.15) is 22.5 Å². The molecule has 0 radical (unpaired) electrons. The Labute approximate surface area is 178 Å². The standard InChI is InChI=1S/C18H16ClN3O3S2.CH4O/c19-12-3-8-16-15(11-12)17(26-21-16)18(23)20-13-4-6-14(7-5-13)27(24,25)22-9-1-2-10-22;1-2/h3-8,11H,1-2,9-10H2,(H,20,23);2H,1H3. The Morgan fingerprint density at radius 1 is 1.14 bits per heavy atom. The number of sulfonamides is 1. The monoisotopic (exact) mass is 453 g/mol. The molecule has 1 aromatic heterocycles. The number of hydrogen-bond acceptors (Lipinski definition) is 6. The Morgan fingerprint density at radius 3 is 2.45 bits per heavy atom. The van der Waals surface area contributed by atoms with Crippen molar-refractivity contribution in [3.8, 4) is 0 Å². The molecule has 0 spiro atoms. The fourth-order valence-corrected chi connectivity index (χ4v) is 5.49. The molecule has 7 nitrogen and oxygen atoms in total. The van der Waals surface area contributed by atoms with Gasteiger partial charge in [0, 0.05) is 36.3 Å². The van der Waals surface area contributed by atoms with Gasteiger partial charge in [-0.3, -0.25) is 4.79 Å². The van der Waals surface area contributed by atoms with Crippen molar-refractivity contribution in [3.05, 3.63) is 52.4 Å². The highest BCUT2D eigenvalue weighted by Gasteiger charge is 2.27. The van der Waals surface area contributed by atoms with E-state index >= 15 is 0 Å². The number of hydrogen-bond donors (Lipinski definition) is 2. The number of halogens is 1. The van der Waals surface area contributed by atoms with E-state index in [0.29, 0.717) is 39.6 Å². The molecule has 1 aliphatic heterocycles. The second-order valence-electron chi connectivity index (χ2n) is 6.26. The predicted octanol–water partition coefficient (Wildman–Crippen LogP) is 3.60. The minimum atomic E-state index is -3.46. The molecule has 2 heterocycles. The van der Waals surface area contributed by atoms with Crippen molar-refractivity contribution in [2.24, 2.45) is 0 Å². The van der Waals surface area contributed by atoms with E-state index in [4.69, 9.17) is 16.7 Å². The number of carbonyl (C=O) groups is 1. The van der Waals surface area contributed by atoms with Crippen LogP contribution in [0.4, 0.5) is 5.69 Å². The van der Waals surface area contributed by atoms with E-state index in [9.17, 15) is 13.2 Å². The fourth-order valence-electron chi connectivity index (χ4n) is 3.05. The number of anilines is 1. The maximum atomic E-state index is 12.6. The molecular weight excluding hydrogens is 434 g/mol. The van der Waals surface area contributed by atoms with Gasteiger partial charge in [-0.1, -0.05) is 11.6 Å². The van der Waals surface area contributed by atoms with Gasteiger partial charge in [-0.2, -0.15) is 8.68 Å². The first-order chi connectivity index (χ1) is 13.9. The predicted molar refractivity (Wildman–Crippen MR) is 115 cm³/mol. The molecule has 29 heavy (non-hydrogen) atoms. The van der Waals surface area contributed by atoms with Gasteiger partial charge in [0.25, 0.3) is 5.91 Å². The molecule has 2 aromatic carbocycles.